The van der Waals surface area contributed by atoms with E-state index in [0.29, 0.717) is 22.3 Å². The summed E-state index contributed by atoms with van der Waals surface area (Å²) in [7, 11) is 0. The van der Waals surface area contributed by atoms with Crippen LogP contribution in [0.2, 0.25) is 0 Å². The van der Waals surface area contributed by atoms with Crippen LogP contribution in [0.5, 0.6) is 0 Å². The fourth-order valence-corrected chi connectivity index (χ4v) is 6.97. The van der Waals surface area contributed by atoms with Crippen LogP contribution >= 0.6 is 0 Å². The van der Waals surface area contributed by atoms with E-state index in [4.69, 9.17) is 9.40 Å². The van der Waals surface area contributed by atoms with Gasteiger partial charge in [0.05, 0.1) is 38.5 Å². The van der Waals surface area contributed by atoms with Gasteiger partial charge in [-0.3, -0.25) is 4.79 Å². The van der Waals surface area contributed by atoms with Crippen LogP contribution in [-0.2, 0) is 0 Å². The lowest BCUT2D eigenvalue weighted by Crippen LogP contribution is -2.12. The Morgan fingerprint density at radius 1 is 0.477 bits per heavy atom. The van der Waals surface area contributed by atoms with Gasteiger partial charge in [0.2, 0.25) is 0 Å². The number of imidazole rings is 1. The van der Waals surface area contributed by atoms with Gasteiger partial charge in [-0.05, 0) is 66.7 Å². The van der Waals surface area contributed by atoms with Crippen molar-refractivity contribution in [2.24, 2.45) is 0 Å². The van der Waals surface area contributed by atoms with E-state index in [1.165, 1.54) is 16.3 Å². The number of fused-ring (bicyclic) bond motifs is 10. The summed E-state index contributed by atoms with van der Waals surface area (Å²) >= 11 is 0. The van der Waals surface area contributed by atoms with Crippen LogP contribution in [0.4, 0.5) is 0 Å². The normalized spacial score (nSPS) is 12.2. The van der Waals surface area contributed by atoms with Gasteiger partial charge in [0.15, 0.2) is 0 Å². The molecule has 0 unspecified atom stereocenters. The Kier molecular flexibility index (Phi) is 4.50. The first kappa shape index (κ1) is 23.4. The standard InChI is InChI=1S/C38H22N4O2/c43-37-27-14-6-9-17-36(27)44-38-39-30-22-34-29(21-35(30)42(37)38)26-13-5-8-16-32(26)41(34)24-18-19-33-28(20-24)25-12-4-7-15-31(25)40(33)23-10-2-1-3-11-23/h1-22H. The first-order chi connectivity index (χ1) is 21.7. The summed E-state index contributed by atoms with van der Waals surface area (Å²) in [5.74, 6) is 0.294. The second-order valence-electron chi connectivity index (χ2n) is 11.2. The molecular weight excluding hydrogens is 544 g/mol. The molecule has 0 saturated carbocycles. The van der Waals surface area contributed by atoms with Gasteiger partial charge in [-0.2, -0.15) is 4.98 Å². The second-order valence-corrected chi connectivity index (χ2v) is 11.2. The molecule has 6 heteroatoms. The third-order valence-corrected chi connectivity index (χ3v) is 8.87. The Hall–Kier alpha value is -6.14. The Morgan fingerprint density at radius 2 is 1.09 bits per heavy atom. The second kappa shape index (κ2) is 8.46. The fraction of sp³-hybridized carbons (Fsp3) is 0. The van der Waals surface area contributed by atoms with Crippen molar-refractivity contribution < 1.29 is 4.42 Å². The maximum absolute atomic E-state index is 13.6. The van der Waals surface area contributed by atoms with E-state index >= 15 is 0 Å². The maximum Gasteiger partial charge on any atom is 0.310 e. The fourth-order valence-electron chi connectivity index (χ4n) is 6.97. The quantitative estimate of drug-likeness (QED) is 0.210. The molecule has 206 valence electrons. The average Bonchev–Trinajstić information content (AvgIpc) is 3.71. The molecule has 44 heavy (non-hydrogen) atoms. The Morgan fingerprint density at radius 3 is 1.86 bits per heavy atom. The first-order valence-corrected chi connectivity index (χ1v) is 14.6. The van der Waals surface area contributed by atoms with Crippen LogP contribution in [0.1, 0.15) is 0 Å². The Labute approximate surface area is 249 Å². The minimum absolute atomic E-state index is 0.132. The van der Waals surface area contributed by atoms with Gasteiger partial charge in [0.1, 0.15) is 5.58 Å². The zero-order valence-electron chi connectivity index (χ0n) is 23.3. The lowest BCUT2D eigenvalue weighted by Gasteiger charge is -2.10. The molecule has 4 heterocycles. The van der Waals surface area contributed by atoms with Crippen LogP contribution in [0, 0.1) is 0 Å². The molecule has 0 saturated heterocycles. The lowest BCUT2D eigenvalue weighted by atomic mass is 10.1. The topological polar surface area (TPSA) is 57.4 Å². The van der Waals surface area contributed by atoms with Gasteiger partial charge in [-0.1, -0.05) is 66.7 Å². The molecule has 0 bridgehead atoms. The summed E-state index contributed by atoms with van der Waals surface area (Å²) < 4.78 is 12.3. The molecule has 0 fully saturated rings. The van der Waals surface area contributed by atoms with Crippen LogP contribution in [0.3, 0.4) is 0 Å². The molecule has 0 aliphatic rings. The van der Waals surface area contributed by atoms with Crippen molar-refractivity contribution >= 4 is 71.5 Å². The number of hydrogen-bond acceptors (Lipinski definition) is 3. The van der Waals surface area contributed by atoms with Gasteiger partial charge in [-0.15, -0.1) is 0 Å². The van der Waals surface area contributed by atoms with Crippen molar-refractivity contribution in [1.29, 1.82) is 0 Å². The van der Waals surface area contributed by atoms with Crippen molar-refractivity contribution in [1.82, 2.24) is 18.5 Å². The van der Waals surface area contributed by atoms with Crippen molar-refractivity contribution in [2.45, 2.75) is 0 Å². The molecule has 0 amide bonds. The van der Waals surface area contributed by atoms with Gasteiger partial charge in [-0.25, -0.2) is 4.40 Å². The molecule has 0 spiro atoms. The van der Waals surface area contributed by atoms with Crippen LogP contribution in [-0.4, -0.2) is 18.5 Å². The number of aromatic nitrogens is 4. The highest BCUT2D eigenvalue weighted by Crippen LogP contribution is 2.38. The van der Waals surface area contributed by atoms with E-state index in [-0.39, 0.29) is 5.56 Å². The SMILES string of the molecule is O=c1c2ccccc2oc2nc3cc4c(cc3n12)c1ccccc1n4-c1ccc2c(c1)c1ccccc1n2-c1ccccc1. The molecule has 0 N–H and O–H groups in total. The zero-order valence-corrected chi connectivity index (χ0v) is 23.3. The smallest absolute Gasteiger partial charge is 0.310 e. The van der Waals surface area contributed by atoms with Crippen LogP contribution < -0.4 is 5.56 Å². The maximum atomic E-state index is 13.6. The third-order valence-electron chi connectivity index (χ3n) is 8.87. The molecule has 6 aromatic carbocycles. The lowest BCUT2D eigenvalue weighted by molar-refractivity contribution is 0.616. The summed E-state index contributed by atoms with van der Waals surface area (Å²) in [6, 6.07) is 45.7. The number of benzene rings is 6. The molecule has 0 aliphatic heterocycles. The number of para-hydroxylation sites is 4. The molecule has 10 aromatic rings. The summed E-state index contributed by atoms with van der Waals surface area (Å²) in [4.78, 5) is 18.4. The van der Waals surface area contributed by atoms with E-state index in [1.54, 1.807) is 16.5 Å². The highest BCUT2D eigenvalue weighted by atomic mass is 16.4. The van der Waals surface area contributed by atoms with Crippen molar-refractivity contribution in [2.75, 3.05) is 0 Å². The van der Waals surface area contributed by atoms with E-state index < -0.39 is 0 Å². The van der Waals surface area contributed by atoms with Crippen LogP contribution in [0.15, 0.2) is 143 Å². The predicted octanol–water partition coefficient (Wildman–Crippen LogP) is 8.79. The number of hydrogen-bond donors (Lipinski definition) is 0. The monoisotopic (exact) mass is 566 g/mol. The van der Waals surface area contributed by atoms with Gasteiger partial charge in [0, 0.05) is 32.9 Å². The van der Waals surface area contributed by atoms with Crippen molar-refractivity contribution in [3.63, 3.8) is 0 Å². The highest BCUT2D eigenvalue weighted by molar-refractivity contribution is 6.14. The Balaban J connectivity index is 1.30. The minimum atomic E-state index is -0.132. The van der Waals surface area contributed by atoms with E-state index in [1.807, 2.05) is 18.2 Å². The first-order valence-electron chi connectivity index (χ1n) is 14.6. The molecule has 6 nitrogen and oxygen atoms in total. The van der Waals surface area contributed by atoms with Crippen LogP contribution in [0.25, 0.3) is 82.8 Å². The number of nitrogens with zero attached hydrogens (tertiary/aromatic N) is 4. The minimum Gasteiger partial charge on any atom is -0.424 e. The highest BCUT2D eigenvalue weighted by Gasteiger charge is 2.19. The third kappa shape index (κ3) is 3.03. The molecule has 0 radical (unpaired) electrons. The molecular formula is C38H22N4O2. The van der Waals surface area contributed by atoms with Gasteiger partial charge < -0.3 is 13.6 Å². The molecule has 0 aliphatic carbocycles. The van der Waals surface area contributed by atoms with E-state index in [0.717, 1.165) is 44.2 Å². The zero-order chi connectivity index (χ0) is 28.9. The largest absolute Gasteiger partial charge is 0.424 e. The predicted molar refractivity (Wildman–Crippen MR) is 177 cm³/mol. The van der Waals surface area contributed by atoms with E-state index in [2.05, 4.69) is 112 Å². The number of rotatable bonds is 2. The summed E-state index contributed by atoms with van der Waals surface area (Å²) in [6.07, 6.45) is 0. The summed E-state index contributed by atoms with van der Waals surface area (Å²) in [5.41, 5.74) is 8.46. The molecule has 10 rings (SSSR count). The Bertz CT molecular complexity index is 2850. The van der Waals surface area contributed by atoms with Crippen molar-refractivity contribution in [3.05, 3.63) is 144 Å². The summed E-state index contributed by atoms with van der Waals surface area (Å²) in [5, 5.41) is 5.08. The summed E-state index contributed by atoms with van der Waals surface area (Å²) in [6.45, 7) is 0. The molecule has 0 atom stereocenters. The van der Waals surface area contributed by atoms with Crippen molar-refractivity contribution in [3.8, 4) is 11.4 Å². The van der Waals surface area contributed by atoms with Gasteiger partial charge >= 0.3 is 5.84 Å². The van der Waals surface area contributed by atoms with Gasteiger partial charge in [0.25, 0.3) is 5.56 Å². The van der Waals surface area contributed by atoms with E-state index in [9.17, 15) is 4.79 Å². The molecule has 4 aromatic heterocycles. The average molecular weight is 567 g/mol.